The predicted octanol–water partition coefficient (Wildman–Crippen LogP) is 1.07. The van der Waals surface area contributed by atoms with Gasteiger partial charge in [-0.05, 0) is 12.8 Å². The zero-order valence-electron chi connectivity index (χ0n) is 9.29. The molecular weight excluding hydrogens is 202 g/mol. The Morgan fingerprint density at radius 3 is 2.56 bits per heavy atom. The average molecular weight is 219 g/mol. The van der Waals surface area contributed by atoms with Gasteiger partial charge in [-0.2, -0.15) is 0 Å². The highest BCUT2D eigenvalue weighted by atomic mass is 16.3. The first-order chi connectivity index (χ1) is 7.84. The summed E-state index contributed by atoms with van der Waals surface area (Å²) in [5.41, 5.74) is 0. The molecule has 0 aromatic carbocycles. The number of rotatable bonds is 1. The molecule has 3 rings (SSSR count). The summed E-state index contributed by atoms with van der Waals surface area (Å²) < 4.78 is 0. The predicted molar refractivity (Wildman–Crippen MR) is 61.1 cm³/mol. The Labute approximate surface area is 95.3 Å². The van der Waals surface area contributed by atoms with Crippen molar-refractivity contribution >= 4 is 5.82 Å². The van der Waals surface area contributed by atoms with E-state index in [1.165, 1.54) is 6.42 Å². The van der Waals surface area contributed by atoms with Crippen LogP contribution in [0.5, 0.6) is 0 Å². The van der Waals surface area contributed by atoms with E-state index in [0.29, 0.717) is 11.8 Å². The quantitative estimate of drug-likeness (QED) is 0.767. The van der Waals surface area contributed by atoms with Crippen LogP contribution in [-0.2, 0) is 0 Å². The van der Waals surface area contributed by atoms with Crippen LogP contribution in [0.25, 0.3) is 0 Å². The smallest absolute Gasteiger partial charge is 0.147 e. The van der Waals surface area contributed by atoms with Crippen LogP contribution in [0.3, 0.4) is 0 Å². The molecule has 2 unspecified atom stereocenters. The Morgan fingerprint density at radius 2 is 1.94 bits per heavy atom. The van der Waals surface area contributed by atoms with Crippen molar-refractivity contribution in [3.05, 3.63) is 18.6 Å². The third-order valence-electron chi connectivity index (χ3n) is 3.90. The van der Waals surface area contributed by atoms with Crippen molar-refractivity contribution in [1.82, 2.24) is 9.97 Å². The van der Waals surface area contributed by atoms with Crippen LogP contribution < -0.4 is 4.90 Å². The normalized spacial score (nSPS) is 33.8. The lowest BCUT2D eigenvalue weighted by molar-refractivity contribution is 0.00578. The van der Waals surface area contributed by atoms with Crippen LogP contribution in [0.4, 0.5) is 5.82 Å². The minimum atomic E-state index is -0.0957. The second-order valence-electron chi connectivity index (χ2n) is 4.91. The van der Waals surface area contributed by atoms with Crippen molar-refractivity contribution in [3.63, 3.8) is 0 Å². The molecule has 1 aromatic rings. The molecule has 1 aliphatic carbocycles. The SMILES string of the molecule is OC1C2CCCC1CN(c1cnccn1)C2. The van der Waals surface area contributed by atoms with Gasteiger partial charge in [0.05, 0.1) is 12.3 Å². The molecule has 2 fully saturated rings. The highest BCUT2D eigenvalue weighted by Gasteiger charge is 2.38. The van der Waals surface area contributed by atoms with Crippen LogP contribution in [0.15, 0.2) is 18.6 Å². The third-order valence-corrected chi connectivity index (χ3v) is 3.90. The van der Waals surface area contributed by atoms with Gasteiger partial charge in [-0.1, -0.05) is 6.42 Å². The Kier molecular flexibility index (Phi) is 2.52. The maximum absolute atomic E-state index is 10.1. The van der Waals surface area contributed by atoms with E-state index in [1.54, 1.807) is 12.4 Å². The van der Waals surface area contributed by atoms with Crippen molar-refractivity contribution < 1.29 is 5.11 Å². The van der Waals surface area contributed by atoms with Gasteiger partial charge in [0.25, 0.3) is 0 Å². The number of aromatic nitrogens is 2. The molecule has 1 aromatic heterocycles. The number of hydrogen-bond acceptors (Lipinski definition) is 4. The van der Waals surface area contributed by atoms with E-state index in [0.717, 1.165) is 31.7 Å². The first kappa shape index (κ1) is 10.0. The van der Waals surface area contributed by atoms with Crippen LogP contribution in [0.1, 0.15) is 19.3 Å². The molecule has 4 heteroatoms. The Balaban J connectivity index is 1.80. The molecule has 16 heavy (non-hydrogen) atoms. The van der Waals surface area contributed by atoms with Crippen LogP contribution in [0.2, 0.25) is 0 Å². The number of piperidine rings is 1. The summed E-state index contributed by atoms with van der Waals surface area (Å²) in [6.45, 7) is 1.85. The third kappa shape index (κ3) is 1.67. The summed E-state index contributed by atoms with van der Waals surface area (Å²) in [7, 11) is 0. The second-order valence-corrected chi connectivity index (χ2v) is 4.91. The van der Waals surface area contributed by atoms with E-state index in [1.807, 2.05) is 6.20 Å². The fourth-order valence-corrected chi connectivity index (χ4v) is 3.05. The van der Waals surface area contributed by atoms with E-state index < -0.39 is 0 Å². The van der Waals surface area contributed by atoms with E-state index in [-0.39, 0.29) is 6.10 Å². The molecule has 4 nitrogen and oxygen atoms in total. The van der Waals surface area contributed by atoms with Crippen molar-refractivity contribution in [3.8, 4) is 0 Å². The molecule has 1 saturated heterocycles. The second kappa shape index (κ2) is 4.01. The summed E-state index contributed by atoms with van der Waals surface area (Å²) in [6, 6.07) is 0. The molecule has 2 bridgehead atoms. The van der Waals surface area contributed by atoms with Gasteiger partial charge < -0.3 is 10.0 Å². The highest BCUT2D eigenvalue weighted by Crippen LogP contribution is 2.35. The fraction of sp³-hybridized carbons (Fsp3) is 0.667. The summed E-state index contributed by atoms with van der Waals surface area (Å²) in [5.74, 6) is 1.80. The molecule has 2 heterocycles. The fourth-order valence-electron chi connectivity index (χ4n) is 3.05. The summed E-state index contributed by atoms with van der Waals surface area (Å²) in [5, 5.41) is 10.1. The van der Waals surface area contributed by atoms with E-state index >= 15 is 0 Å². The molecule has 0 radical (unpaired) electrons. The maximum atomic E-state index is 10.1. The molecule has 1 aliphatic heterocycles. The van der Waals surface area contributed by atoms with Gasteiger partial charge in [0.2, 0.25) is 0 Å². The Hall–Kier alpha value is -1.16. The van der Waals surface area contributed by atoms with Gasteiger partial charge in [-0.15, -0.1) is 0 Å². The summed E-state index contributed by atoms with van der Waals surface area (Å²) in [6.07, 6.45) is 8.71. The van der Waals surface area contributed by atoms with Gasteiger partial charge in [-0.25, -0.2) is 4.98 Å². The number of fused-ring (bicyclic) bond motifs is 2. The first-order valence-corrected chi connectivity index (χ1v) is 6.03. The Bertz CT molecular complexity index is 343. The minimum Gasteiger partial charge on any atom is -0.392 e. The van der Waals surface area contributed by atoms with Gasteiger partial charge in [0.1, 0.15) is 5.82 Å². The number of anilines is 1. The molecule has 0 spiro atoms. The number of aliphatic hydroxyl groups is 1. The molecule has 1 N–H and O–H groups in total. The lowest BCUT2D eigenvalue weighted by Crippen LogP contribution is -2.51. The van der Waals surface area contributed by atoms with Gasteiger partial charge in [0.15, 0.2) is 0 Å². The van der Waals surface area contributed by atoms with Gasteiger partial charge in [-0.3, -0.25) is 4.98 Å². The lowest BCUT2D eigenvalue weighted by Gasteiger charge is -2.45. The van der Waals surface area contributed by atoms with Crippen molar-refractivity contribution in [2.75, 3.05) is 18.0 Å². The van der Waals surface area contributed by atoms with E-state index in [4.69, 9.17) is 0 Å². The zero-order valence-corrected chi connectivity index (χ0v) is 9.29. The topological polar surface area (TPSA) is 49.2 Å². The van der Waals surface area contributed by atoms with E-state index in [2.05, 4.69) is 14.9 Å². The van der Waals surface area contributed by atoms with E-state index in [9.17, 15) is 5.11 Å². The van der Waals surface area contributed by atoms with Gasteiger partial charge in [0, 0.05) is 37.3 Å². The molecule has 1 saturated carbocycles. The monoisotopic (exact) mass is 219 g/mol. The Morgan fingerprint density at radius 1 is 1.19 bits per heavy atom. The molecule has 0 amide bonds. The lowest BCUT2D eigenvalue weighted by atomic mass is 9.75. The molecule has 2 aliphatic rings. The number of hydrogen-bond donors (Lipinski definition) is 1. The van der Waals surface area contributed by atoms with Crippen molar-refractivity contribution in [2.45, 2.75) is 25.4 Å². The minimum absolute atomic E-state index is 0.0957. The van der Waals surface area contributed by atoms with Crippen LogP contribution in [-0.4, -0.2) is 34.3 Å². The average Bonchev–Trinajstić information content (AvgIpc) is 2.30. The maximum Gasteiger partial charge on any atom is 0.147 e. The van der Waals surface area contributed by atoms with Crippen molar-refractivity contribution in [1.29, 1.82) is 0 Å². The summed E-state index contributed by atoms with van der Waals surface area (Å²) in [4.78, 5) is 10.7. The van der Waals surface area contributed by atoms with Crippen molar-refractivity contribution in [2.24, 2.45) is 11.8 Å². The van der Waals surface area contributed by atoms with Gasteiger partial charge >= 0.3 is 0 Å². The van der Waals surface area contributed by atoms with Crippen LogP contribution in [0, 0.1) is 11.8 Å². The highest BCUT2D eigenvalue weighted by molar-refractivity contribution is 5.36. The molecule has 2 atom stereocenters. The molecule has 86 valence electrons. The molecular formula is C12H17N3O. The number of nitrogens with zero attached hydrogens (tertiary/aromatic N) is 3. The first-order valence-electron chi connectivity index (χ1n) is 6.03. The standard InChI is InChI=1S/C12H17N3O/c16-12-9-2-1-3-10(12)8-15(7-9)11-6-13-4-5-14-11/h4-6,9-10,12,16H,1-3,7-8H2. The summed E-state index contributed by atoms with van der Waals surface area (Å²) >= 11 is 0. The number of aliphatic hydroxyl groups excluding tert-OH is 1. The zero-order chi connectivity index (χ0) is 11.0. The largest absolute Gasteiger partial charge is 0.392 e. The van der Waals surface area contributed by atoms with Crippen LogP contribution >= 0.6 is 0 Å².